The Bertz CT molecular complexity index is 672. The van der Waals surface area contributed by atoms with E-state index in [0.29, 0.717) is 0 Å². The van der Waals surface area contributed by atoms with E-state index in [-0.39, 0.29) is 11.2 Å². The van der Waals surface area contributed by atoms with E-state index in [2.05, 4.69) is 15.5 Å². The number of rotatable bonds is 6. The van der Waals surface area contributed by atoms with Crippen LogP contribution in [0.1, 0.15) is 19.4 Å². The zero-order valence-electron chi connectivity index (χ0n) is 13.3. The minimum atomic E-state index is -0.280. The molecule has 6 heteroatoms. The summed E-state index contributed by atoms with van der Waals surface area (Å²) in [6, 6.07) is 13.1. The molecule has 1 aromatic carbocycles. The van der Waals surface area contributed by atoms with Gasteiger partial charge in [-0.25, -0.2) is 10.4 Å². The van der Waals surface area contributed by atoms with Crippen molar-refractivity contribution < 1.29 is 9.53 Å². The van der Waals surface area contributed by atoms with Gasteiger partial charge in [0.15, 0.2) is 0 Å². The number of benzene rings is 1. The molecule has 1 aromatic heterocycles. The van der Waals surface area contributed by atoms with Gasteiger partial charge in [0, 0.05) is 6.20 Å². The van der Waals surface area contributed by atoms with Crippen LogP contribution >= 0.6 is 11.8 Å². The first-order chi connectivity index (χ1) is 11.1. The molecule has 1 heterocycles. The zero-order chi connectivity index (χ0) is 16.7. The maximum Gasteiger partial charge on any atom is 0.253 e. The van der Waals surface area contributed by atoms with E-state index in [1.165, 1.54) is 11.8 Å². The molecule has 0 spiro atoms. The van der Waals surface area contributed by atoms with Crippen LogP contribution in [-0.2, 0) is 4.79 Å². The van der Waals surface area contributed by atoms with E-state index in [1.54, 1.807) is 13.3 Å². The highest BCUT2D eigenvalue weighted by Gasteiger charge is 2.14. The number of aromatic nitrogens is 1. The number of nitrogens with one attached hydrogen (secondary N) is 1. The monoisotopic (exact) mass is 329 g/mol. The number of nitrogens with zero attached hydrogens (tertiary/aromatic N) is 2. The molecule has 1 amide bonds. The first kappa shape index (κ1) is 17.0. The summed E-state index contributed by atoms with van der Waals surface area (Å²) in [5, 5.41) is 4.69. The van der Waals surface area contributed by atoms with Gasteiger partial charge < -0.3 is 4.74 Å². The molecule has 0 fully saturated rings. The SMILES string of the molecule is COc1ccc(/C(C)=N\NC(=O)[C@@H](C)Sc2ccccn2)cc1. The van der Waals surface area contributed by atoms with Crippen molar-refractivity contribution in [1.29, 1.82) is 0 Å². The molecule has 5 nitrogen and oxygen atoms in total. The van der Waals surface area contributed by atoms with E-state index < -0.39 is 0 Å². The third-order valence-electron chi connectivity index (χ3n) is 3.15. The highest BCUT2D eigenvalue weighted by Crippen LogP contribution is 2.20. The summed E-state index contributed by atoms with van der Waals surface area (Å²) in [6.45, 7) is 3.67. The predicted octanol–water partition coefficient (Wildman–Crippen LogP) is 3.11. The first-order valence-corrected chi connectivity index (χ1v) is 8.04. The summed E-state index contributed by atoms with van der Waals surface area (Å²) in [6.07, 6.45) is 1.71. The molecular formula is C17H19N3O2S. The van der Waals surface area contributed by atoms with Crippen molar-refractivity contribution in [1.82, 2.24) is 10.4 Å². The highest BCUT2D eigenvalue weighted by molar-refractivity contribution is 8.00. The molecule has 0 aliphatic carbocycles. The number of thioether (sulfide) groups is 1. The van der Waals surface area contributed by atoms with E-state index in [9.17, 15) is 4.79 Å². The third-order valence-corrected chi connectivity index (χ3v) is 4.20. The molecule has 23 heavy (non-hydrogen) atoms. The third kappa shape index (κ3) is 5.10. The topological polar surface area (TPSA) is 63.6 Å². The van der Waals surface area contributed by atoms with E-state index in [0.717, 1.165) is 22.1 Å². The van der Waals surface area contributed by atoms with Crippen molar-refractivity contribution in [2.24, 2.45) is 5.10 Å². The Morgan fingerprint density at radius 1 is 1.26 bits per heavy atom. The summed E-state index contributed by atoms with van der Waals surface area (Å²) in [5.74, 6) is 0.625. The van der Waals surface area contributed by atoms with Crippen molar-refractivity contribution in [2.75, 3.05) is 7.11 Å². The molecule has 0 unspecified atom stereocenters. The second-order valence-electron chi connectivity index (χ2n) is 4.83. The Kier molecular flexibility index (Phi) is 6.17. The number of amides is 1. The lowest BCUT2D eigenvalue weighted by molar-refractivity contribution is -0.120. The van der Waals surface area contributed by atoms with E-state index in [4.69, 9.17) is 4.74 Å². The number of carbonyl (C=O) groups excluding carboxylic acids is 1. The highest BCUT2D eigenvalue weighted by atomic mass is 32.2. The van der Waals surface area contributed by atoms with Gasteiger partial charge in [-0.05, 0) is 55.8 Å². The summed E-state index contributed by atoms with van der Waals surface area (Å²) < 4.78 is 5.12. The lowest BCUT2D eigenvalue weighted by Crippen LogP contribution is -2.27. The molecule has 2 aromatic rings. The number of hydrogen-bond acceptors (Lipinski definition) is 5. The number of carbonyl (C=O) groups is 1. The molecule has 1 atom stereocenters. The standard InChI is InChI=1S/C17H19N3O2S/c1-12(14-7-9-15(22-3)10-8-14)19-20-17(21)13(2)23-16-6-4-5-11-18-16/h4-11,13H,1-3H3,(H,20,21)/b19-12-/t13-/m1/s1. The van der Waals surface area contributed by atoms with Crippen LogP contribution in [0.2, 0.25) is 0 Å². The molecule has 0 saturated heterocycles. The Balaban J connectivity index is 1.93. The van der Waals surface area contributed by atoms with Crippen LogP contribution in [0.3, 0.4) is 0 Å². The van der Waals surface area contributed by atoms with Gasteiger partial charge in [-0.3, -0.25) is 4.79 Å². The fourth-order valence-corrected chi connectivity index (χ4v) is 2.58. The fourth-order valence-electron chi connectivity index (χ4n) is 1.78. The zero-order valence-corrected chi connectivity index (χ0v) is 14.1. The van der Waals surface area contributed by atoms with Crippen LogP contribution in [0.4, 0.5) is 0 Å². The van der Waals surface area contributed by atoms with E-state index >= 15 is 0 Å². The summed E-state index contributed by atoms with van der Waals surface area (Å²) >= 11 is 1.40. The number of hydrogen-bond donors (Lipinski definition) is 1. The molecular weight excluding hydrogens is 310 g/mol. The smallest absolute Gasteiger partial charge is 0.253 e. The number of methoxy groups -OCH3 is 1. The average Bonchev–Trinajstić information content (AvgIpc) is 2.60. The van der Waals surface area contributed by atoms with Gasteiger partial charge in [-0.2, -0.15) is 5.10 Å². The fraction of sp³-hybridized carbons (Fsp3) is 0.235. The summed E-state index contributed by atoms with van der Waals surface area (Å²) in [5.41, 5.74) is 4.26. The van der Waals surface area contributed by atoms with Crippen LogP contribution in [0.5, 0.6) is 5.75 Å². The molecule has 0 bridgehead atoms. The van der Waals surface area contributed by atoms with Crippen LogP contribution in [0.25, 0.3) is 0 Å². The maximum absolute atomic E-state index is 12.1. The van der Waals surface area contributed by atoms with Crippen molar-refractivity contribution in [2.45, 2.75) is 24.1 Å². The van der Waals surface area contributed by atoms with Gasteiger partial charge in [-0.1, -0.05) is 17.8 Å². The maximum atomic E-state index is 12.1. The van der Waals surface area contributed by atoms with Crippen molar-refractivity contribution >= 4 is 23.4 Å². The summed E-state index contributed by atoms with van der Waals surface area (Å²) in [7, 11) is 1.62. The molecule has 120 valence electrons. The number of ether oxygens (including phenoxy) is 1. The van der Waals surface area contributed by atoms with Gasteiger partial charge in [0.1, 0.15) is 5.75 Å². The first-order valence-electron chi connectivity index (χ1n) is 7.16. The minimum absolute atomic E-state index is 0.159. The van der Waals surface area contributed by atoms with Crippen molar-refractivity contribution in [3.63, 3.8) is 0 Å². The molecule has 0 radical (unpaired) electrons. The van der Waals surface area contributed by atoms with Crippen LogP contribution < -0.4 is 10.2 Å². The van der Waals surface area contributed by atoms with Gasteiger partial charge in [0.05, 0.1) is 23.1 Å². The minimum Gasteiger partial charge on any atom is -0.497 e. The Morgan fingerprint density at radius 2 is 2.00 bits per heavy atom. The predicted molar refractivity (Wildman–Crippen MR) is 92.9 cm³/mol. The van der Waals surface area contributed by atoms with Gasteiger partial charge in [0.25, 0.3) is 5.91 Å². The lowest BCUT2D eigenvalue weighted by atomic mass is 10.1. The van der Waals surface area contributed by atoms with Crippen molar-refractivity contribution in [3.05, 3.63) is 54.2 Å². The van der Waals surface area contributed by atoms with E-state index in [1.807, 2.05) is 56.3 Å². The molecule has 0 aliphatic rings. The molecule has 0 aliphatic heterocycles. The van der Waals surface area contributed by atoms with Gasteiger partial charge in [0.2, 0.25) is 0 Å². The number of hydrazone groups is 1. The lowest BCUT2D eigenvalue weighted by Gasteiger charge is -2.09. The quantitative estimate of drug-likeness (QED) is 0.502. The number of pyridine rings is 1. The summed E-state index contributed by atoms with van der Waals surface area (Å²) in [4.78, 5) is 16.3. The van der Waals surface area contributed by atoms with Crippen molar-refractivity contribution in [3.8, 4) is 5.75 Å². The Morgan fingerprint density at radius 3 is 2.61 bits per heavy atom. The molecule has 1 N–H and O–H groups in total. The Labute approximate surface area is 140 Å². The largest absolute Gasteiger partial charge is 0.497 e. The normalized spacial score (nSPS) is 12.6. The molecule has 0 saturated carbocycles. The Hall–Kier alpha value is -2.34. The van der Waals surface area contributed by atoms with Crippen LogP contribution in [0.15, 0.2) is 58.8 Å². The second kappa shape index (κ2) is 8.33. The van der Waals surface area contributed by atoms with Gasteiger partial charge in [-0.15, -0.1) is 0 Å². The average molecular weight is 329 g/mol. The second-order valence-corrected chi connectivity index (χ2v) is 6.19. The molecule has 2 rings (SSSR count). The van der Waals surface area contributed by atoms with Gasteiger partial charge >= 0.3 is 0 Å². The van der Waals surface area contributed by atoms with Crippen LogP contribution in [-0.4, -0.2) is 29.0 Å². The van der Waals surface area contributed by atoms with Crippen LogP contribution in [0, 0.1) is 0 Å².